The summed E-state index contributed by atoms with van der Waals surface area (Å²) in [5, 5.41) is 7.21. The number of aryl methyl sites for hydroxylation is 1. The molecule has 1 atom stereocenters. The van der Waals surface area contributed by atoms with Crippen LogP contribution >= 0.6 is 12.2 Å². The maximum atomic E-state index is 5.44. The zero-order valence-corrected chi connectivity index (χ0v) is 14.0. The molecule has 116 valence electrons. The summed E-state index contributed by atoms with van der Waals surface area (Å²) in [5.41, 5.74) is 3.46. The fourth-order valence-electron chi connectivity index (χ4n) is 2.40. The Morgan fingerprint density at radius 3 is 2.64 bits per heavy atom. The van der Waals surface area contributed by atoms with Crippen LogP contribution in [-0.4, -0.2) is 12.2 Å². The van der Waals surface area contributed by atoms with Gasteiger partial charge < -0.3 is 15.4 Å². The van der Waals surface area contributed by atoms with Crippen molar-refractivity contribution in [1.29, 1.82) is 0 Å². The van der Waals surface area contributed by atoms with Crippen molar-refractivity contribution in [2.75, 3.05) is 12.4 Å². The first kappa shape index (κ1) is 16.3. The van der Waals surface area contributed by atoms with Gasteiger partial charge in [0.05, 0.1) is 13.2 Å². The highest BCUT2D eigenvalue weighted by Gasteiger charge is 2.12. The summed E-state index contributed by atoms with van der Waals surface area (Å²) in [6.07, 6.45) is 0.963. The molecular weight excluding hydrogens is 292 g/mol. The number of methoxy groups -OCH3 is 1. The standard InChI is InChI=1S/C18H22N2OS/c1-4-17(16-11-6-5-8-13(16)2)20-18(22)19-14-9-7-10-15(12-14)21-3/h5-12,17H,4H2,1-3H3,(H2,19,20,22)/t17-/m1/s1. The van der Waals surface area contributed by atoms with Gasteiger partial charge in [-0.3, -0.25) is 0 Å². The molecule has 22 heavy (non-hydrogen) atoms. The number of benzene rings is 2. The minimum absolute atomic E-state index is 0.201. The molecule has 0 saturated heterocycles. The number of rotatable bonds is 5. The van der Waals surface area contributed by atoms with Crippen LogP contribution in [0.5, 0.6) is 5.75 Å². The fraction of sp³-hybridized carbons (Fsp3) is 0.278. The van der Waals surface area contributed by atoms with Crippen molar-refractivity contribution in [3.8, 4) is 5.75 Å². The Kier molecular flexibility index (Phi) is 5.78. The van der Waals surface area contributed by atoms with Gasteiger partial charge in [0, 0.05) is 11.8 Å². The maximum Gasteiger partial charge on any atom is 0.171 e. The monoisotopic (exact) mass is 314 g/mol. The number of nitrogens with one attached hydrogen (secondary N) is 2. The van der Waals surface area contributed by atoms with E-state index in [-0.39, 0.29) is 6.04 Å². The Bertz CT molecular complexity index is 642. The van der Waals surface area contributed by atoms with Crippen LogP contribution in [0.3, 0.4) is 0 Å². The number of hydrogen-bond acceptors (Lipinski definition) is 2. The fourth-order valence-corrected chi connectivity index (χ4v) is 2.66. The molecule has 4 heteroatoms. The molecule has 0 aliphatic carbocycles. The highest BCUT2D eigenvalue weighted by atomic mass is 32.1. The van der Waals surface area contributed by atoms with Gasteiger partial charge in [0.1, 0.15) is 5.75 Å². The largest absolute Gasteiger partial charge is 0.497 e. The maximum absolute atomic E-state index is 5.44. The number of ether oxygens (including phenoxy) is 1. The van der Waals surface area contributed by atoms with Crippen molar-refractivity contribution in [2.24, 2.45) is 0 Å². The van der Waals surface area contributed by atoms with Gasteiger partial charge in [0.2, 0.25) is 0 Å². The van der Waals surface area contributed by atoms with Crippen LogP contribution in [0.4, 0.5) is 5.69 Å². The number of anilines is 1. The van der Waals surface area contributed by atoms with Gasteiger partial charge in [-0.15, -0.1) is 0 Å². The molecule has 0 aliphatic heterocycles. The topological polar surface area (TPSA) is 33.3 Å². The Balaban J connectivity index is 2.05. The lowest BCUT2D eigenvalue weighted by Crippen LogP contribution is -2.32. The number of thiocarbonyl (C=S) groups is 1. The predicted molar refractivity (Wildman–Crippen MR) is 96.6 cm³/mol. The third-order valence-electron chi connectivity index (χ3n) is 3.61. The summed E-state index contributed by atoms with van der Waals surface area (Å²) >= 11 is 5.44. The van der Waals surface area contributed by atoms with Gasteiger partial charge in [-0.2, -0.15) is 0 Å². The summed E-state index contributed by atoms with van der Waals surface area (Å²) in [4.78, 5) is 0. The Morgan fingerprint density at radius 1 is 1.18 bits per heavy atom. The number of hydrogen-bond donors (Lipinski definition) is 2. The highest BCUT2D eigenvalue weighted by Crippen LogP contribution is 2.21. The molecule has 2 N–H and O–H groups in total. The molecule has 0 spiro atoms. The molecule has 2 rings (SSSR count). The highest BCUT2D eigenvalue weighted by molar-refractivity contribution is 7.80. The molecule has 0 aromatic heterocycles. The SMILES string of the molecule is CC[C@@H](NC(=S)Nc1cccc(OC)c1)c1ccccc1C. The summed E-state index contributed by atoms with van der Waals surface area (Å²) in [5.74, 6) is 0.804. The van der Waals surface area contributed by atoms with Crippen molar-refractivity contribution < 1.29 is 4.74 Å². The summed E-state index contributed by atoms with van der Waals surface area (Å²) in [6, 6.07) is 16.3. The molecule has 2 aromatic rings. The molecule has 0 bridgehead atoms. The van der Waals surface area contributed by atoms with Crippen LogP contribution in [0.25, 0.3) is 0 Å². The van der Waals surface area contributed by atoms with E-state index in [4.69, 9.17) is 17.0 Å². The van der Waals surface area contributed by atoms with Crippen molar-refractivity contribution in [3.05, 3.63) is 59.7 Å². The Labute approximate surface area is 137 Å². The molecule has 0 heterocycles. The van der Waals surface area contributed by atoms with Crippen LogP contribution < -0.4 is 15.4 Å². The van der Waals surface area contributed by atoms with E-state index in [1.165, 1.54) is 11.1 Å². The normalized spacial score (nSPS) is 11.6. The van der Waals surface area contributed by atoms with Crippen LogP contribution in [0.2, 0.25) is 0 Å². The van der Waals surface area contributed by atoms with Crippen molar-refractivity contribution in [1.82, 2.24) is 5.32 Å². The quantitative estimate of drug-likeness (QED) is 0.799. The Morgan fingerprint density at radius 2 is 1.95 bits per heavy atom. The van der Waals surface area contributed by atoms with Gasteiger partial charge in [-0.05, 0) is 48.8 Å². The molecule has 0 fully saturated rings. The molecular formula is C18H22N2OS. The Hall–Kier alpha value is -2.07. The van der Waals surface area contributed by atoms with Crippen LogP contribution in [0, 0.1) is 6.92 Å². The van der Waals surface area contributed by atoms with Gasteiger partial charge in [-0.1, -0.05) is 37.3 Å². The first-order chi connectivity index (χ1) is 10.6. The van der Waals surface area contributed by atoms with Crippen molar-refractivity contribution in [2.45, 2.75) is 26.3 Å². The summed E-state index contributed by atoms with van der Waals surface area (Å²) < 4.78 is 5.22. The second-order valence-electron chi connectivity index (χ2n) is 5.15. The lowest BCUT2D eigenvalue weighted by molar-refractivity contribution is 0.415. The minimum atomic E-state index is 0.201. The lowest BCUT2D eigenvalue weighted by atomic mass is 10.00. The molecule has 3 nitrogen and oxygen atoms in total. The van der Waals surface area contributed by atoms with Crippen LogP contribution in [0.15, 0.2) is 48.5 Å². The van der Waals surface area contributed by atoms with E-state index in [0.717, 1.165) is 17.9 Å². The van der Waals surface area contributed by atoms with E-state index in [2.05, 4.69) is 48.7 Å². The van der Waals surface area contributed by atoms with E-state index in [0.29, 0.717) is 5.11 Å². The van der Waals surface area contributed by atoms with E-state index < -0.39 is 0 Å². The van der Waals surface area contributed by atoms with Crippen molar-refractivity contribution in [3.63, 3.8) is 0 Å². The third kappa shape index (κ3) is 4.21. The summed E-state index contributed by atoms with van der Waals surface area (Å²) in [6.45, 7) is 4.27. The molecule has 0 saturated carbocycles. The first-order valence-corrected chi connectivity index (χ1v) is 7.82. The van der Waals surface area contributed by atoms with Gasteiger partial charge in [0.15, 0.2) is 5.11 Å². The van der Waals surface area contributed by atoms with Crippen LogP contribution in [-0.2, 0) is 0 Å². The third-order valence-corrected chi connectivity index (χ3v) is 3.82. The lowest BCUT2D eigenvalue weighted by Gasteiger charge is -2.21. The van der Waals surface area contributed by atoms with Gasteiger partial charge in [0.25, 0.3) is 0 Å². The first-order valence-electron chi connectivity index (χ1n) is 7.41. The zero-order valence-electron chi connectivity index (χ0n) is 13.2. The second kappa shape index (κ2) is 7.80. The van der Waals surface area contributed by atoms with Gasteiger partial charge in [-0.25, -0.2) is 0 Å². The molecule has 0 radical (unpaired) electrons. The van der Waals surface area contributed by atoms with Crippen molar-refractivity contribution >= 4 is 23.0 Å². The minimum Gasteiger partial charge on any atom is -0.497 e. The average Bonchev–Trinajstić information content (AvgIpc) is 2.53. The average molecular weight is 314 g/mol. The predicted octanol–water partition coefficient (Wildman–Crippen LogP) is 4.44. The molecule has 0 unspecified atom stereocenters. The molecule has 2 aromatic carbocycles. The van der Waals surface area contributed by atoms with Crippen LogP contribution in [0.1, 0.15) is 30.5 Å². The van der Waals surface area contributed by atoms with E-state index in [1.807, 2.05) is 24.3 Å². The van der Waals surface area contributed by atoms with E-state index in [1.54, 1.807) is 7.11 Å². The van der Waals surface area contributed by atoms with E-state index in [9.17, 15) is 0 Å². The second-order valence-corrected chi connectivity index (χ2v) is 5.56. The van der Waals surface area contributed by atoms with E-state index >= 15 is 0 Å². The summed E-state index contributed by atoms with van der Waals surface area (Å²) in [7, 11) is 1.65. The molecule has 0 amide bonds. The van der Waals surface area contributed by atoms with Gasteiger partial charge >= 0.3 is 0 Å². The smallest absolute Gasteiger partial charge is 0.171 e. The molecule has 0 aliphatic rings. The zero-order chi connectivity index (χ0) is 15.9.